The maximum atomic E-state index is 12.1. The molecule has 0 aromatic carbocycles. The van der Waals surface area contributed by atoms with E-state index in [1.807, 2.05) is 0 Å². The second-order valence-corrected chi connectivity index (χ2v) is 7.39. The van der Waals surface area contributed by atoms with Crippen LogP contribution >= 0.6 is 0 Å². The van der Waals surface area contributed by atoms with E-state index in [9.17, 15) is 19.5 Å². The highest BCUT2D eigenvalue weighted by Gasteiger charge is 2.40. The minimum Gasteiger partial charge on any atom is -0.481 e. The fraction of sp³-hybridized carbons (Fsp3) is 0.850. The molecule has 0 amide bonds. The summed E-state index contributed by atoms with van der Waals surface area (Å²) in [6.07, 6.45) is 8.67. The molecule has 0 aromatic heterocycles. The summed E-state index contributed by atoms with van der Waals surface area (Å²) in [4.78, 5) is 34.6. The van der Waals surface area contributed by atoms with Crippen molar-refractivity contribution in [2.75, 3.05) is 0 Å². The zero-order valence-electron chi connectivity index (χ0n) is 15.5. The van der Waals surface area contributed by atoms with E-state index in [0.29, 0.717) is 25.7 Å². The van der Waals surface area contributed by atoms with Crippen LogP contribution in [0.4, 0.5) is 0 Å². The average molecular weight is 354 g/mol. The fourth-order valence-electron chi connectivity index (χ4n) is 3.80. The van der Waals surface area contributed by atoms with Crippen LogP contribution in [0.5, 0.6) is 0 Å². The second kappa shape index (κ2) is 12.2. The van der Waals surface area contributed by atoms with Gasteiger partial charge in [0.05, 0.1) is 6.10 Å². The van der Waals surface area contributed by atoms with Gasteiger partial charge in [0.2, 0.25) is 0 Å². The van der Waals surface area contributed by atoms with Gasteiger partial charge in [0.1, 0.15) is 11.6 Å². The van der Waals surface area contributed by atoms with Crippen LogP contribution < -0.4 is 0 Å². The Morgan fingerprint density at radius 3 is 2.32 bits per heavy atom. The van der Waals surface area contributed by atoms with Crippen LogP contribution in [-0.4, -0.2) is 33.9 Å². The summed E-state index contributed by atoms with van der Waals surface area (Å²) in [5.41, 5.74) is 0. The van der Waals surface area contributed by atoms with Crippen molar-refractivity contribution in [3.8, 4) is 0 Å². The van der Waals surface area contributed by atoms with Crippen LogP contribution in [0.25, 0.3) is 0 Å². The van der Waals surface area contributed by atoms with E-state index in [-0.39, 0.29) is 36.2 Å². The molecule has 1 fully saturated rings. The van der Waals surface area contributed by atoms with Gasteiger partial charge in [0, 0.05) is 31.6 Å². The summed E-state index contributed by atoms with van der Waals surface area (Å²) < 4.78 is 0. The first-order valence-electron chi connectivity index (χ1n) is 9.90. The predicted molar refractivity (Wildman–Crippen MR) is 96.3 cm³/mol. The number of carboxylic acid groups (broad SMARTS) is 1. The van der Waals surface area contributed by atoms with Crippen LogP contribution in [-0.2, 0) is 14.4 Å². The smallest absolute Gasteiger partial charge is 0.303 e. The highest BCUT2D eigenvalue weighted by atomic mass is 16.4. The third-order valence-corrected chi connectivity index (χ3v) is 5.31. The molecule has 3 atom stereocenters. The van der Waals surface area contributed by atoms with Crippen molar-refractivity contribution < 1.29 is 24.6 Å². The number of carbonyl (C=O) groups is 3. The van der Waals surface area contributed by atoms with E-state index in [0.717, 1.165) is 44.9 Å². The number of rotatable bonds is 14. The first kappa shape index (κ1) is 21.8. The molecule has 1 aliphatic rings. The number of Topliss-reactive ketones (excluding diaryl/α,β-unsaturated/α-hetero) is 2. The molecule has 0 unspecified atom stereocenters. The standard InChI is InChI=1S/C20H34O5/c1-2-3-6-9-15(21)12-13-17-16(18(22)14-19(17)23)10-7-4-5-8-11-20(24)25/h16-17,19,23H,2-14H2,1H3,(H,24,25)/t16-,17+,19+/m0/s1. The lowest BCUT2D eigenvalue weighted by Gasteiger charge is -2.20. The molecule has 0 heterocycles. The first-order valence-corrected chi connectivity index (χ1v) is 9.90. The number of hydrogen-bond donors (Lipinski definition) is 2. The summed E-state index contributed by atoms with van der Waals surface area (Å²) in [5, 5.41) is 18.8. The Morgan fingerprint density at radius 1 is 0.960 bits per heavy atom. The third-order valence-electron chi connectivity index (χ3n) is 5.31. The van der Waals surface area contributed by atoms with E-state index >= 15 is 0 Å². The van der Waals surface area contributed by atoms with Crippen LogP contribution in [0.1, 0.15) is 90.4 Å². The lowest BCUT2D eigenvalue weighted by molar-refractivity contribution is -0.137. The Labute approximate surface area is 151 Å². The Morgan fingerprint density at radius 2 is 1.64 bits per heavy atom. The average Bonchev–Trinajstić information content (AvgIpc) is 2.82. The van der Waals surface area contributed by atoms with E-state index < -0.39 is 12.1 Å². The largest absolute Gasteiger partial charge is 0.481 e. The first-order chi connectivity index (χ1) is 12.0. The van der Waals surface area contributed by atoms with Gasteiger partial charge in [-0.3, -0.25) is 14.4 Å². The number of aliphatic hydroxyl groups is 1. The van der Waals surface area contributed by atoms with Crippen LogP contribution in [0, 0.1) is 11.8 Å². The minimum atomic E-state index is -0.766. The lowest BCUT2D eigenvalue weighted by atomic mass is 9.85. The number of hydrogen-bond acceptors (Lipinski definition) is 4. The van der Waals surface area contributed by atoms with Crippen LogP contribution in [0.15, 0.2) is 0 Å². The molecular formula is C20H34O5. The molecule has 2 N–H and O–H groups in total. The van der Waals surface area contributed by atoms with Gasteiger partial charge in [-0.2, -0.15) is 0 Å². The van der Waals surface area contributed by atoms with Crippen LogP contribution in [0.3, 0.4) is 0 Å². The van der Waals surface area contributed by atoms with Gasteiger partial charge in [-0.1, -0.05) is 39.0 Å². The van der Waals surface area contributed by atoms with Crippen molar-refractivity contribution in [3.63, 3.8) is 0 Å². The number of carbonyl (C=O) groups excluding carboxylic acids is 2. The van der Waals surface area contributed by atoms with Gasteiger partial charge >= 0.3 is 5.97 Å². The summed E-state index contributed by atoms with van der Waals surface area (Å²) >= 11 is 0. The van der Waals surface area contributed by atoms with E-state index in [2.05, 4.69) is 6.92 Å². The predicted octanol–water partition coefficient (Wildman–Crippen LogP) is 3.91. The van der Waals surface area contributed by atoms with Crippen molar-refractivity contribution in [2.24, 2.45) is 11.8 Å². The van der Waals surface area contributed by atoms with Gasteiger partial charge in [0.25, 0.3) is 0 Å². The molecule has 0 radical (unpaired) electrons. The second-order valence-electron chi connectivity index (χ2n) is 7.39. The molecule has 5 nitrogen and oxygen atoms in total. The lowest BCUT2D eigenvalue weighted by Crippen LogP contribution is -2.21. The van der Waals surface area contributed by atoms with Gasteiger partial charge in [0.15, 0.2) is 0 Å². The highest BCUT2D eigenvalue weighted by Crippen LogP contribution is 2.36. The maximum absolute atomic E-state index is 12.1. The number of aliphatic hydroxyl groups excluding tert-OH is 1. The van der Waals surface area contributed by atoms with Gasteiger partial charge in [-0.25, -0.2) is 0 Å². The zero-order chi connectivity index (χ0) is 18.7. The van der Waals surface area contributed by atoms with Crippen molar-refractivity contribution >= 4 is 17.5 Å². The fourth-order valence-corrected chi connectivity index (χ4v) is 3.80. The van der Waals surface area contributed by atoms with E-state index in [1.165, 1.54) is 0 Å². The molecular weight excluding hydrogens is 320 g/mol. The maximum Gasteiger partial charge on any atom is 0.303 e. The van der Waals surface area contributed by atoms with Crippen molar-refractivity contribution in [1.82, 2.24) is 0 Å². The molecule has 25 heavy (non-hydrogen) atoms. The molecule has 0 spiro atoms. The molecule has 0 aliphatic heterocycles. The summed E-state index contributed by atoms with van der Waals surface area (Å²) in [5.74, 6) is -0.605. The third kappa shape index (κ3) is 8.61. The topological polar surface area (TPSA) is 91.7 Å². The van der Waals surface area contributed by atoms with Gasteiger partial charge in [-0.15, -0.1) is 0 Å². The Bertz CT molecular complexity index is 432. The molecule has 144 valence electrons. The summed E-state index contributed by atoms with van der Waals surface area (Å²) in [6.45, 7) is 2.11. The molecule has 0 bridgehead atoms. The van der Waals surface area contributed by atoms with Crippen molar-refractivity contribution in [3.05, 3.63) is 0 Å². The molecule has 1 rings (SSSR count). The quantitative estimate of drug-likeness (QED) is 0.462. The monoisotopic (exact) mass is 354 g/mol. The molecule has 1 saturated carbocycles. The molecule has 5 heteroatoms. The van der Waals surface area contributed by atoms with Crippen molar-refractivity contribution in [2.45, 2.75) is 96.5 Å². The van der Waals surface area contributed by atoms with Gasteiger partial charge < -0.3 is 10.2 Å². The molecule has 0 aromatic rings. The number of ketones is 2. The Balaban J connectivity index is 2.31. The normalized spacial score (nSPS) is 23.1. The van der Waals surface area contributed by atoms with Crippen molar-refractivity contribution in [1.29, 1.82) is 0 Å². The number of aliphatic carboxylic acids is 1. The SMILES string of the molecule is CCCCCC(=O)CC[C@H]1[C@H](O)CC(=O)[C@H]1CCCCCCC(=O)O. The Kier molecular flexibility index (Phi) is 10.6. The zero-order valence-corrected chi connectivity index (χ0v) is 15.5. The Hall–Kier alpha value is -1.23. The minimum absolute atomic E-state index is 0.0818. The number of unbranched alkanes of at least 4 members (excludes halogenated alkanes) is 5. The summed E-state index contributed by atoms with van der Waals surface area (Å²) in [7, 11) is 0. The summed E-state index contributed by atoms with van der Waals surface area (Å²) in [6, 6.07) is 0. The van der Waals surface area contributed by atoms with Gasteiger partial charge in [-0.05, 0) is 31.6 Å². The molecule has 1 aliphatic carbocycles. The van der Waals surface area contributed by atoms with Crippen LogP contribution in [0.2, 0.25) is 0 Å². The highest BCUT2D eigenvalue weighted by molar-refractivity contribution is 5.84. The van der Waals surface area contributed by atoms with E-state index in [1.54, 1.807) is 0 Å². The number of carboxylic acids is 1. The molecule has 0 saturated heterocycles. The van der Waals surface area contributed by atoms with E-state index in [4.69, 9.17) is 5.11 Å².